The van der Waals surface area contributed by atoms with Crippen LogP contribution in [0.4, 0.5) is 8.78 Å². The lowest BCUT2D eigenvalue weighted by atomic mass is 10.1. The zero-order chi connectivity index (χ0) is 17.8. The third-order valence-electron chi connectivity index (χ3n) is 4.22. The van der Waals surface area contributed by atoms with Gasteiger partial charge in [0.05, 0.1) is 12.7 Å². The molecule has 0 radical (unpaired) electrons. The van der Waals surface area contributed by atoms with E-state index in [1.54, 1.807) is 29.2 Å². The van der Waals surface area contributed by atoms with Crippen LogP contribution in [0.1, 0.15) is 28.8 Å². The van der Waals surface area contributed by atoms with Crippen LogP contribution in [0.2, 0.25) is 5.02 Å². The SMILES string of the molecule is O=C(c1cccc(Cl)c1)N1CCC[C@@H](OCc2cc(F)ccc2F)C1. The largest absolute Gasteiger partial charge is 0.372 e. The smallest absolute Gasteiger partial charge is 0.253 e. The van der Waals surface area contributed by atoms with Gasteiger partial charge in [0.25, 0.3) is 5.91 Å². The van der Waals surface area contributed by atoms with Crippen LogP contribution in [0.3, 0.4) is 0 Å². The number of halogens is 3. The quantitative estimate of drug-likeness (QED) is 0.801. The van der Waals surface area contributed by atoms with Crippen LogP contribution < -0.4 is 0 Å². The van der Waals surface area contributed by atoms with Crippen molar-refractivity contribution in [2.45, 2.75) is 25.6 Å². The van der Waals surface area contributed by atoms with Crippen LogP contribution in [0.25, 0.3) is 0 Å². The predicted molar refractivity (Wildman–Crippen MR) is 91.5 cm³/mol. The summed E-state index contributed by atoms with van der Waals surface area (Å²) < 4.78 is 32.6. The maximum Gasteiger partial charge on any atom is 0.253 e. The van der Waals surface area contributed by atoms with Crippen molar-refractivity contribution in [1.29, 1.82) is 0 Å². The molecule has 1 atom stereocenters. The van der Waals surface area contributed by atoms with Crippen molar-refractivity contribution in [3.63, 3.8) is 0 Å². The molecule has 0 bridgehead atoms. The fourth-order valence-electron chi connectivity index (χ4n) is 2.92. The van der Waals surface area contributed by atoms with Crippen molar-refractivity contribution in [3.8, 4) is 0 Å². The predicted octanol–water partition coefficient (Wildman–Crippen LogP) is 4.44. The molecule has 1 aliphatic heterocycles. The van der Waals surface area contributed by atoms with Crippen molar-refractivity contribution >= 4 is 17.5 Å². The number of hydrogen-bond donors (Lipinski definition) is 0. The maximum absolute atomic E-state index is 13.7. The third-order valence-corrected chi connectivity index (χ3v) is 4.45. The van der Waals surface area contributed by atoms with Gasteiger partial charge in [-0.3, -0.25) is 4.79 Å². The highest BCUT2D eigenvalue weighted by molar-refractivity contribution is 6.30. The van der Waals surface area contributed by atoms with Gasteiger partial charge in [-0.05, 0) is 49.2 Å². The van der Waals surface area contributed by atoms with Gasteiger partial charge in [0, 0.05) is 29.2 Å². The normalized spacial score (nSPS) is 17.6. The molecule has 1 aliphatic rings. The Hall–Kier alpha value is -1.98. The highest BCUT2D eigenvalue weighted by Gasteiger charge is 2.25. The van der Waals surface area contributed by atoms with Crippen molar-refractivity contribution < 1.29 is 18.3 Å². The molecule has 0 N–H and O–H groups in total. The minimum absolute atomic E-state index is 0.0204. The average molecular weight is 366 g/mol. The lowest BCUT2D eigenvalue weighted by molar-refractivity contribution is -0.00769. The second kappa shape index (κ2) is 7.93. The van der Waals surface area contributed by atoms with Gasteiger partial charge in [-0.25, -0.2) is 8.78 Å². The first-order valence-electron chi connectivity index (χ1n) is 8.13. The minimum Gasteiger partial charge on any atom is -0.372 e. The molecule has 2 aromatic rings. The molecule has 0 spiro atoms. The van der Waals surface area contributed by atoms with E-state index in [0.717, 1.165) is 31.0 Å². The zero-order valence-corrected chi connectivity index (χ0v) is 14.3. The van der Waals surface area contributed by atoms with Crippen molar-refractivity contribution in [1.82, 2.24) is 4.90 Å². The Kier molecular flexibility index (Phi) is 5.66. The first-order valence-corrected chi connectivity index (χ1v) is 8.51. The van der Waals surface area contributed by atoms with Gasteiger partial charge in [-0.2, -0.15) is 0 Å². The van der Waals surface area contributed by atoms with Gasteiger partial charge in [0.15, 0.2) is 0 Å². The Balaban J connectivity index is 1.61. The molecule has 25 heavy (non-hydrogen) atoms. The van der Waals surface area contributed by atoms with Gasteiger partial charge in [0.1, 0.15) is 11.6 Å². The summed E-state index contributed by atoms with van der Waals surface area (Å²) in [5.74, 6) is -1.10. The van der Waals surface area contributed by atoms with Crippen LogP contribution in [-0.2, 0) is 11.3 Å². The van der Waals surface area contributed by atoms with Crippen molar-refractivity contribution in [2.75, 3.05) is 13.1 Å². The molecule has 0 aromatic heterocycles. The lowest BCUT2D eigenvalue weighted by Gasteiger charge is -2.32. The Bertz CT molecular complexity index is 769. The van der Waals surface area contributed by atoms with Crippen LogP contribution >= 0.6 is 11.6 Å². The summed E-state index contributed by atoms with van der Waals surface area (Å²) in [5.41, 5.74) is 0.711. The number of likely N-dealkylation sites (tertiary alicyclic amines) is 1. The van der Waals surface area contributed by atoms with E-state index < -0.39 is 11.6 Å². The molecule has 1 saturated heterocycles. The average Bonchev–Trinajstić information content (AvgIpc) is 2.62. The number of rotatable bonds is 4. The molecule has 6 heteroatoms. The summed E-state index contributed by atoms with van der Waals surface area (Å²) in [6.45, 7) is 1.04. The van der Waals surface area contributed by atoms with Crippen LogP contribution in [0.5, 0.6) is 0 Å². The van der Waals surface area contributed by atoms with Crippen molar-refractivity contribution in [2.24, 2.45) is 0 Å². The van der Waals surface area contributed by atoms with Gasteiger partial charge in [-0.15, -0.1) is 0 Å². The fraction of sp³-hybridized carbons (Fsp3) is 0.316. The second-order valence-electron chi connectivity index (χ2n) is 6.07. The lowest BCUT2D eigenvalue weighted by Crippen LogP contribution is -2.43. The van der Waals surface area contributed by atoms with E-state index in [-0.39, 0.29) is 24.2 Å². The number of hydrogen-bond acceptors (Lipinski definition) is 2. The van der Waals surface area contributed by atoms with E-state index in [1.807, 2.05) is 0 Å². The van der Waals surface area contributed by atoms with E-state index in [2.05, 4.69) is 0 Å². The summed E-state index contributed by atoms with van der Waals surface area (Å²) >= 11 is 5.94. The van der Waals surface area contributed by atoms with E-state index >= 15 is 0 Å². The minimum atomic E-state index is -0.499. The van der Waals surface area contributed by atoms with E-state index in [1.165, 1.54) is 0 Å². The topological polar surface area (TPSA) is 29.5 Å². The number of amides is 1. The first-order chi connectivity index (χ1) is 12.0. The number of piperidine rings is 1. The highest BCUT2D eigenvalue weighted by Crippen LogP contribution is 2.20. The summed E-state index contributed by atoms with van der Waals surface area (Å²) in [7, 11) is 0. The Morgan fingerprint density at radius 2 is 2.08 bits per heavy atom. The molecular weight excluding hydrogens is 348 g/mol. The van der Waals surface area contributed by atoms with Gasteiger partial charge >= 0.3 is 0 Å². The Labute approximate surface area is 150 Å². The first kappa shape index (κ1) is 17.8. The second-order valence-corrected chi connectivity index (χ2v) is 6.51. The third kappa shape index (κ3) is 4.55. The molecule has 1 amide bonds. The standard InChI is InChI=1S/C19H18ClF2NO2/c20-15-4-1-3-13(9-15)19(24)23-8-2-5-17(11-23)25-12-14-10-16(21)6-7-18(14)22/h1,3-4,6-7,9-10,17H,2,5,8,11-12H2/t17-/m1/s1. The summed E-state index contributed by atoms with van der Waals surface area (Å²) in [4.78, 5) is 14.3. The zero-order valence-electron chi connectivity index (χ0n) is 13.6. The van der Waals surface area contributed by atoms with Gasteiger partial charge in [0.2, 0.25) is 0 Å². The number of ether oxygens (including phenoxy) is 1. The summed E-state index contributed by atoms with van der Waals surface area (Å²) in [6, 6.07) is 10.1. The summed E-state index contributed by atoms with van der Waals surface area (Å²) in [5, 5.41) is 0.511. The molecule has 2 aromatic carbocycles. The monoisotopic (exact) mass is 365 g/mol. The maximum atomic E-state index is 13.7. The van der Waals surface area contributed by atoms with E-state index in [9.17, 15) is 13.6 Å². The number of carbonyl (C=O) groups excluding carboxylic acids is 1. The van der Waals surface area contributed by atoms with Gasteiger partial charge in [-0.1, -0.05) is 17.7 Å². The van der Waals surface area contributed by atoms with Crippen LogP contribution in [0, 0.1) is 11.6 Å². The molecule has 0 saturated carbocycles. The van der Waals surface area contributed by atoms with E-state index in [4.69, 9.17) is 16.3 Å². The van der Waals surface area contributed by atoms with E-state index in [0.29, 0.717) is 23.7 Å². The molecular formula is C19H18ClF2NO2. The molecule has 1 fully saturated rings. The molecule has 132 valence electrons. The summed E-state index contributed by atoms with van der Waals surface area (Å²) in [6.07, 6.45) is 1.36. The molecule has 0 unspecified atom stereocenters. The number of benzene rings is 2. The molecule has 3 rings (SSSR count). The Morgan fingerprint density at radius 1 is 1.24 bits per heavy atom. The Morgan fingerprint density at radius 3 is 2.88 bits per heavy atom. The number of carbonyl (C=O) groups is 1. The fourth-order valence-corrected chi connectivity index (χ4v) is 3.11. The van der Waals surface area contributed by atoms with Crippen molar-refractivity contribution in [3.05, 3.63) is 70.2 Å². The van der Waals surface area contributed by atoms with Crippen LogP contribution in [-0.4, -0.2) is 30.0 Å². The van der Waals surface area contributed by atoms with Gasteiger partial charge < -0.3 is 9.64 Å². The molecule has 0 aliphatic carbocycles. The number of nitrogens with zero attached hydrogens (tertiary/aromatic N) is 1. The molecule has 1 heterocycles. The van der Waals surface area contributed by atoms with Crippen LogP contribution in [0.15, 0.2) is 42.5 Å². The highest BCUT2D eigenvalue weighted by atomic mass is 35.5. The molecule has 3 nitrogen and oxygen atoms in total.